The fourth-order valence-electron chi connectivity index (χ4n) is 3.64. The van der Waals surface area contributed by atoms with Crippen molar-refractivity contribution in [1.29, 1.82) is 5.26 Å². The average molecular weight is 550 g/mol. The first-order valence-corrected chi connectivity index (χ1v) is 12.8. The Morgan fingerprint density at radius 1 is 1.09 bits per heavy atom. The van der Waals surface area contributed by atoms with E-state index >= 15 is 0 Å². The summed E-state index contributed by atoms with van der Waals surface area (Å²) < 4.78 is 34.4. The van der Waals surface area contributed by atoms with Crippen molar-refractivity contribution in [3.05, 3.63) is 103 Å². The lowest BCUT2D eigenvalue weighted by Crippen LogP contribution is -2.20. The zero-order valence-electron chi connectivity index (χ0n) is 19.1. The Labute approximate surface area is 211 Å². The predicted molar refractivity (Wildman–Crippen MR) is 137 cm³/mol. The number of nitriles is 1. The third-order valence-electron chi connectivity index (χ3n) is 5.26. The van der Waals surface area contributed by atoms with Crippen molar-refractivity contribution in [3.8, 4) is 17.7 Å². The highest BCUT2D eigenvalue weighted by molar-refractivity contribution is 9.10. The molecule has 2 aromatic carbocycles. The van der Waals surface area contributed by atoms with Gasteiger partial charge in [-0.25, -0.2) is 8.42 Å². The molecule has 0 N–H and O–H groups in total. The second kappa shape index (κ2) is 9.49. The molecule has 0 unspecified atom stereocenters. The van der Waals surface area contributed by atoms with E-state index in [2.05, 4.69) is 20.9 Å². The van der Waals surface area contributed by atoms with Crippen LogP contribution in [0.25, 0.3) is 11.7 Å². The van der Waals surface area contributed by atoms with E-state index in [1.807, 2.05) is 19.9 Å². The molecule has 7 nitrogen and oxygen atoms in total. The molecule has 9 heteroatoms. The van der Waals surface area contributed by atoms with Gasteiger partial charge in [-0.2, -0.15) is 10.2 Å². The van der Waals surface area contributed by atoms with E-state index in [4.69, 9.17) is 4.74 Å². The Morgan fingerprint density at radius 3 is 2.37 bits per heavy atom. The van der Waals surface area contributed by atoms with Crippen molar-refractivity contribution in [2.75, 3.05) is 0 Å². The Morgan fingerprint density at radius 2 is 1.74 bits per heavy atom. The van der Waals surface area contributed by atoms with Crippen LogP contribution in [0, 0.1) is 32.1 Å². The fourth-order valence-corrected chi connectivity index (χ4v) is 5.04. The minimum atomic E-state index is -4.20. The van der Waals surface area contributed by atoms with Gasteiger partial charge in [0.05, 0.1) is 4.90 Å². The van der Waals surface area contributed by atoms with Gasteiger partial charge in [0.2, 0.25) is 15.7 Å². The molecule has 2 heterocycles. The number of pyridine rings is 1. The highest BCUT2D eigenvalue weighted by atomic mass is 79.9. The van der Waals surface area contributed by atoms with Crippen molar-refractivity contribution in [2.45, 2.75) is 25.7 Å². The Bertz CT molecular complexity index is 1680. The molecular formula is C26H20BrN3O4S. The molecule has 0 saturated carbocycles. The van der Waals surface area contributed by atoms with Gasteiger partial charge in [-0.05, 0) is 86.0 Å². The molecule has 0 saturated heterocycles. The maximum absolute atomic E-state index is 13.5. The van der Waals surface area contributed by atoms with Crippen molar-refractivity contribution >= 4 is 37.5 Å². The Hall–Kier alpha value is -3.74. The number of allylic oxidation sites excluding steroid dienone is 1. The van der Waals surface area contributed by atoms with Gasteiger partial charge in [0.25, 0.3) is 5.56 Å². The van der Waals surface area contributed by atoms with Crippen LogP contribution >= 0.6 is 15.9 Å². The van der Waals surface area contributed by atoms with E-state index in [0.29, 0.717) is 15.9 Å². The first kappa shape index (κ1) is 24.4. The number of sulfone groups is 1. The van der Waals surface area contributed by atoms with Crippen molar-refractivity contribution < 1.29 is 13.2 Å². The van der Waals surface area contributed by atoms with Crippen LogP contribution in [-0.4, -0.2) is 17.8 Å². The number of hydrogen-bond donors (Lipinski definition) is 0. The normalized spacial score (nSPS) is 11.9. The third-order valence-corrected chi connectivity index (χ3v) is 7.47. The van der Waals surface area contributed by atoms with Crippen LogP contribution < -0.4 is 10.3 Å². The average Bonchev–Trinajstić information content (AvgIpc) is 2.79. The Kier molecular flexibility index (Phi) is 6.61. The maximum atomic E-state index is 13.5. The van der Waals surface area contributed by atoms with Crippen LogP contribution in [0.1, 0.15) is 22.3 Å². The van der Waals surface area contributed by atoms with Crippen LogP contribution in [0.2, 0.25) is 0 Å². The van der Waals surface area contributed by atoms with Gasteiger partial charge in [0, 0.05) is 10.7 Å². The summed E-state index contributed by atoms with van der Waals surface area (Å²) in [5.41, 5.74) is 2.28. The van der Waals surface area contributed by atoms with Crippen LogP contribution in [0.4, 0.5) is 0 Å². The Balaban J connectivity index is 1.97. The van der Waals surface area contributed by atoms with Gasteiger partial charge in [-0.15, -0.1) is 0 Å². The first-order valence-electron chi connectivity index (χ1n) is 10.5. The van der Waals surface area contributed by atoms with E-state index < -0.39 is 20.3 Å². The van der Waals surface area contributed by atoms with E-state index in [1.54, 1.807) is 49.4 Å². The molecule has 0 bridgehead atoms. The smallest absolute Gasteiger partial charge is 0.269 e. The number of hydrogen-bond acceptors (Lipinski definition) is 6. The fraction of sp³-hybridized carbons (Fsp3) is 0.115. The molecule has 0 fully saturated rings. The van der Waals surface area contributed by atoms with Crippen LogP contribution in [0.5, 0.6) is 11.6 Å². The summed E-state index contributed by atoms with van der Waals surface area (Å²) in [4.78, 5) is 17.3. The largest absolute Gasteiger partial charge is 0.438 e. The zero-order chi connectivity index (χ0) is 25.3. The molecule has 35 heavy (non-hydrogen) atoms. The summed E-state index contributed by atoms with van der Waals surface area (Å²) >= 11 is 3.27. The maximum Gasteiger partial charge on any atom is 0.269 e. The van der Waals surface area contributed by atoms with E-state index in [0.717, 1.165) is 22.8 Å². The number of rotatable bonds is 5. The van der Waals surface area contributed by atoms with Crippen LogP contribution in [0.3, 0.4) is 0 Å². The number of aryl methyl sites for hydroxylation is 3. The number of benzene rings is 2. The minimum absolute atomic E-state index is 0.0741. The summed E-state index contributed by atoms with van der Waals surface area (Å²) in [6, 6.07) is 16.6. The zero-order valence-corrected chi connectivity index (χ0v) is 21.5. The number of aromatic nitrogens is 2. The molecule has 0 aliphatic heterocycles. The SMILES string of the molecule is Cc1cc(C)cc(Oc2nc3c(C)cccn3c(=O)c2/C=C(/C#N)S(=O)(=O)c2ccc(Br)cc2)c1. The van der Waals surface area contributed by atoms with Gasteiger partial charge in [0.15, 0.2) is 0 Å². The van der Waals surface area contributed by atoms with E-state index in [9.17, 15) is 18.5 Å². The molecule has 0 aliphatic rings. The second-order valence-electron chi connectivity index (χ2n) is 8.02. The number of nitrogens with zero attached hydrogens (tertiary/aromatic N) is 3. The minimum Gasteiger partial charge on any atom is -0.438 e. The summed E-state index contributed by atoms with van der Waals surface area (Å²) in [5.74, 6) is 0.351. The van der Waals surface area contributed by atoms with Gasteiger partial charge in [-0.3, -0.25) is 9.20 Å². The highest BCUT2D eigenvalue weighted by Crippen LogP contribution is 2.28. The lowest BCUT2D eigenvalue weighted by Gasteiger charge is -2.12. The quantitative estimate of drug-likeness (QED) is 0.304. The van der Waals surface area contributed by atoms with Crippen molar-refractivity contribution in [1.82, 2.24) is 9.38 Å². The molecule has 176 valence electrons. The molecule has 2 aromatic heterocycles. The third kappa shape index (κ3) is 4.90. The lowest BCUT2D eigenvalue weighted by atomic mass is 10.1. The molecular weight excluding hydrogens is 530 g/mol. The number of ether oxygens (including phenoxy) is 1. The first-order chi connectivity index (χ1) is 16.6. The number of fused-ring (bicyclic) bond motifs is 1. The predicted octanol–water partition coefficient (Wildman–Crippen LogP) is 5.51. The summed E-state index contributed by atoms with van der Waals surface area (Å²) in [6.45, 7) is 5.62. The second-order valence-corrected chi connectivity index (χ2v) is 10.9. The van der Waals surface area contributed by atoms with E-state index in [-0.39, 0.29) is 16.3 Å². The van der Waals surface area contributed by atoms with E-state index in [1.165, 1.54) is 22.7 Å². The molecule has 0 amide bonds. The standard InChI is InChI=1S/C26H20BrN3O4S/c1-16-11-17(2)13-20(12-16)34-25-23(26(31)30-10-4-5-18(3)24(30)29-25)14-22(15-28)35(32,33)21-8-6-19(27)7-9-21/h4-14H,1-3H3/b22-14-. The lowest BCUT2D eigenvalue weighted by molar-refractivity contribution is 0.460. The molecule has 4 rings (SSSR count). The van der Waals surface area contributed by atoms with Gasteiger partial charge in [0.1, 0.15) is 27.9 Å². The molecule has 0 atom stereocenters. The van der Waals surface area contributed by atoms with Crippen LogP contribution in [-0.2, 0) is 9.84 Å². The summed E-state index contributed by atoms with van der Waals surface area (Å²) in [5, 5.41) is 9.76. The molecule has 4 aromatic rings. The molecule has 0 radical (unpaired) electrons. The van der Waals surface area contributed by atoms with Crippen molar-refractivity contribution in [2.24, 2.45) is 0 Å². The van der Waals surface area contributed by atoms with Gasteiger partial charge >= 0.3 is 0 Å². The number of halogens is 1. The molecule has 0 spiro atoms. The topological polar surface area (TPSA) is 102 Å². The summed E-state index contributed by atoms with van der Waals surface area (Å²) in [6.07, 6.45) is 2.56. The highest BCUT2D eigenvalue weighted by Gasteiger charge is 2.24. The van der Waals surface area contributed by atoms with Crippen LogP contribution in [0.15, 0.2) is 79.9 Å². The van der Waals surface area contributed by atoms with Gasteiger partial charge < -0.3 is 4.74 Å². The monoisotopic (exact) mass is 549 g/mol. The van der Waals surface area contributed by atoms with Crippen molar-refractivity contribution in [3.63, 3.8) is 0 Å². The summed E-state index contributed by atoms with van der Waals surface area (Å²) in [7, 11) is -4.20. The molecule has 0 aliphatic carbocycles. The van der Waals surface area contributed by atoms with Gasteiger partial charge in [-0.1, -0.05) is 28.1 Å².